The van der Waals surface area contributed by atoms with Gasteiger partial charge in [0.1, 0.15) is 0 Å². The molecule has 4 rings (SSSR count). The third-order valence-electron chi connectivity index (χ3n) is 4.34. The second-order valence-corrected chi connectivity index (χ2v) is 7.34. The summed E-state index contributed by atoms with van der Waals surface area (Å²) in [5, 5.41) is 9.18. The van der Waals surface area contributed by atoms with Crippen LogP contribution in [0.3, 0.4) is 0 Å². The van der Waals surface area contributed by atoms with Crippen molar-refractivity contribution in [2.24, 2.45) is 0 Å². The third kappa shape index (κ3) is 3.14. The molecule has 0 aliphatic rings. The molecule has 27 heavy (non-hydrogen) atoms. The van der Waals surface area contributed by atoms with Crippen molar-refractivity contribution in [1.82, 2.24) is 19.2 Å². The molecular weight excluding hydrogens is 406 g/mol. The van der Waals surface area contributed by atoms with Crippen LogP contribution in [0.1, 0.15) is 5.56 Å². The highest BCUT2D eigenvalue weighted by atomic mass is 79.9. The fraction of sp³-hybridized carbons (Fsp3) is 0.150. The van der Waals surface area contributed by atoms with Gasteiger partial charge in [0.2, 0.25) is 11.7 Å². The monoisotopic (exact) mass is 423 g/mol. The molecule has 2 aromatic carbocycles. The molecule has 4 aromatic rings. The Balaban J connectivity index is 1.92. The summed E-state index contributed by atoms with van der Waals surface area (Å²) < 4.78 is 4.42. The van der Waals surface area contributed by atoms with Crippen LogP contribution in [0.2, 0.25) is 0 Å². The fourth-order valence-corrected chi connectivity index (χ4v) is 3.44. The quantitative estimate of drug-likeness (QED) is 0.503. The van der Waals surface area contributed by atoms with E-state index in [0.717, 1.165) is 15.6 Å². The number of rotatable bonds is 4. The Labute approximate surface area is 164 Å². The third-order valence-corrected chi connectivity index (χ3v) is 4.84. The van der Waals surface area contributed by atoms with Crippen molar-refractivity contribution >= 4 is 44.6 Å². The first-order valence-corrected chi connectivity index (χ1v) is 9.31. The van der Waals surface area contributed by atoms with Gasteiger partial charge in [0, 0.05) is 25.1 Å². The molecular formula is C20H18BrN5O. The first-order chi connectivity index (χ1) is 13.1. The lowest BCUT2D eigenvalue weighted by Gasteiger charge is -2.13. The van der Waals surface area contributed by atoms with Crippen molar-refractivity contribution < 1.29 is 0 Å². The maximum absolute atomic E-state index is 13.1. The minimum atomic E-state index is -0.0887. The Morgan fingerprint density at radius 1 is 1.11 bits per heavy atom. The lowest BCUT2D eigenvalue weighted by Crippen LogP contribution is -2.23. The summed E-state index contributed by atoms with van der Waals surface area (Å²) in [5.74, 6) is 1.20. The van der Waals surface area contributed by atoms with Crippen LogP contribution in [-0.2, 0) is 6.54 Å². The van der Waals surface area contributed by atoms with Crippen molar-refractivity contribution in [3.63, 3.8) is 0 Å². The molecule has 0 bridgehead atoms. The van der Waals surface area contributed by atoms with Crippen LogP contribution in [0.5, 0.6) is 0 Å². The second kappa shape index (κ2) is 7.00. The summed E-state index contributed by atoms with van der Waals surface area (Å²) in [4.78, 5) is 15.0. The van der Waals surface area contributed by atoms with Gasteiger partial charge >= 0.3 is 0 Å². The minimum Gasteiger partial charge on any atom is -0.347 e. The van der Waals surface area contributed by atoms with Gasteiger partial charge in [0.25, 0.3) is 5.56 Å². The largest absolute Gasteiger partial charge is 0.347 e. The predicted molar refractivity (Wildman–Crippen MR) is 112 cm³/mol. The number of aromatic nitrogens is 4. The van der Waals surface area contributed by atoms with Gasteiger partial charge in [-0.15, -0.1) is 10.2 Å². The standard InChI is InChI=1S/C20H18BrN5O/c1-24(2)19-22-23-20-25(12-6-9-14-7-4-3-5-8-14)18(27)16-13-15(21)10-11-17(16)26(19)20/h3-11,13H,12H2,1-2H3. The van der Waals surface area contributed by atoms with E-state index in [0.29, 0.717) is 23.7 Å². The molecule has 0 fully saturated rings. The summed E-state index contributed by atoms with van der Waals surface area (Å²) in [6.07, 6.45) is 3.96. The molecule has 136 valence electrons. The van der Waals surface area contributed by atoms with Crippen LogP contribution < -0.4 is 10.5 Å². The Kier molecular flexibility index (Phi) is 4.53. The molecule has 0 atom stereocenters. The summed E-state index contributed by atoms with van der Waals surface area (Å²) in [6.45, 7) is 0.408. The molecule has 7 heteroatoms. The molecule has 0 unspecified atom stereocenters. The molecule has 0 radical (unpaired) electrons. The molecule has 0 spiro atoms. The Bertz CT molecular complexity index is 1210. The number of halogens is 1. The summed E-state index contributed by atoms with van der Waals surface area (Å²) in [5.41, 5.74) is 1.78. The molecule has 2 aromatic heterocycles. The normalized spacial score (nSPS) is 11.7. The van der Waals surface area contributed by atoms with Crippen LogP contribution in [0.25, 0.3) is 22.8 Å². The van der Waals surface area contributed by atoms with E-state index in [-0.39, 0.29) is 5.56 Å². The zero-order valence-corrected chi connectivity index (χ0v) is 16.6. The van der Waals surface area contributed by atoms with Crippen molar-refractivity contribution in [3.05, 3.63) is 75.0 Å². The molecule has 0 amide bonds. The van der Waals surface area contributed by atoms with Gasteiger partial charge in [-0.1, -0.05) is 58.4 Å². The van der Waals surface area contributed by atoms with Gasteiger partial charge in [-0.05, 0) is 23.8 Å². The van der Waals surface area contributed by atoms with Crippen LogP contribution in [0, 0.1) is 0 Å². The number of anilines is 1. The average molecular weight is 424 g/mol. The van der Waals surface area contributed by atoms with Gasteiger partial charge in [-0.3, -0.25) is 9.36 Å². The average Bonchev–Trinajstić information content (AvgIpc) is 3.10. The maximum atomic E-state index is 13.1. The van der Waals surface area contributed by atoms with Crippen molar-refractivity contribution in [2.45, 2.75) is 6.54 Å². The second-order valence-electron chi connectivity index (χ2n) is 6.42. The number of benzene rings is 2. The highest BCUT2D eigenvalue weighted by Gasteiger charge is 2.17. The van der Waals surface area contributed by atoms with E-state index in [4.69, 9.17) is 0 Å². The molecule has 0 saturated heterocycles. The van der Waals surface area contributed by atoms with Crippen molar-refractivity contribution in [2.75, 3.05) is 19.0 Å². The predicted octanol–water partition coefficient (Wildman–Crippen LogP) is 3.59. The molecule has 0 aliphatic carbocycles. The van der Waals surface area contributed by atoms with Crippen LogP contribution in [-0.4, -0.2) is 33.3 Å². The zero-order valence-electron chi connectivity index (χ0n) is 15.0. The molecule has 0 N–H and O–H groups in total. The lowest BCUT2D eigenvalue weighted by molar-refractivity contribution is 0.787. The van der Waals surface area contributed by atoms with Crippen LogP contribution in [0.15, 0.2) is 63.9 Å². The molecule has 2 heterocycles. The van der Waals surface area contributed by atoms with Crippen LogP contribution in [0.4, 0.5) is 5.95 Å². The van der Waals surface area contributed by atoms with E-state index in [1.807, 2.05) is 84.1 Å². The first-order valence-electron chi connectivity index (χ1n) is 8.52. The Morgan fingerprint density at radius 2 is 1.89 bits per heavy atom. The van der Waals surface area contributed by atoms with E-state index in [1.165, 1.54) is 0 Å². The number of hydrogen-bond donors (Lipinski definition) is 0. The topological polar surface area (TPSA) is 55.4 Å². The van der Waals surface area contributed by atoms with E-state index < -0.39 is 0 Å². The van der Waals surface area contributed by atoms with E-state index in [9.17, 15) is 4.79 Å². The summed E-state index contributed by atoms with van der Waals surface area (Å²) >= 11 is 3.46. The molecule has 0 saturated carbocycles. The van der Waals surface area contributed by atoms with E-state index in [2.05, 4.69) is 26.1 Å². The van der Waals surface area contributed by atoms with E-state index in [1.54, 1.807) is 4.57 Å². The summed E-state index contributed by atoms with van der Waals surface area (Å²) in [7, 11) is 3.82. The maximum Gasteiger partial charge on any atom is 0.263 e. The zero-order chi connectivity index (χ0) is 19.0. The molecule has 0 aliphatic heterocycles. The number of allylic oxidation sites excluding steroid dienone is 1. The first kappa shape index (κ1) is 17.5. The number of fused-ring (bicyclic) bond motifs is 3. The molecule has 6 nitrogen and oxygen atoms in total. The van der Waals surface area contributed by atoms with Gasteiger partial charge in [0.05, 0.1) is 10.9 Å². The highest BCUT2D eigenvalue weighted by Crippen LogP contribution is 2.22. The summed E-state index contributed by atoms with van der Waals surface area (Å²) in [6, 6.07) is 15.7. The van der Waals surface area contributed by atoms with Crippen LogP contribution >= 0.6 is 15.9 Å². The SMILES string of the molecule is CN(C)c1nnc2n(CC=Cc3ccccc3)c(=O)c3cc(Br)ccc3n12. The van der Waals surface area contributed by atoms with Gasteiger partial charge in [0.15, 0.2) is 0 Å². The Morgan fingerprint density at radius 3 is 2.63 bits per heavy atom. The van der Waals surface area contributed by atoms with Gasteiger partial charge in [-0.25, -0.2) is 4.40 Å². The number of nitrogens with zero attached hydrogens (tertiary/aromatic N) is 5. The highest BCUT2D eigenvalue weighted by molar-refractivity contribution is 9.10. The van der Waals surface area contributed by atoms with Gasteiger partial charge in [-0.2, -0.15) is 0 Å². The smallest absolute Gasteiger partial charge is 0.263 e. The van der Waals surface area contributed by atoms with Crippen molar-refractivity contribution in [1.29, 1.82) is 0 Å². The fourth-order valence-electron chi connectivity index (χ4n) is 3.08. The van der Waals surface area contributed by atoms with E-state index >= 15 is 0 Å². The number of hydrogen-bond acceptors (Lipinski definition) is 4. The Hall–Kier alpha value is -2.93. The van der Waals surface area contributed by atoms with Gasteiger partial charge < -0.3 is 4.90 Å². The lowest BCUT2D eigenvalue weighted by atomic mass is 10.2. The minimum absolute atomic E-state index is 0.0887. The van der Waals surface area contributed by atoms with Crippen molar-refractivity contribution in [3.8, 4) is 0 Å².